The first-order chi connectivity index (χ1) is 8.08. The van der Waals surface area contributed by atoms with Crippen molar-refractivity contribution in [1.29, 1.82) is 0 Å². The van der Waals surface area contributed by atoms with Crippen LogP contribution in [0.2, 0.25) is 0 Å². The molecule has 0 bridgehead atoms. The second-order valence-electron chi connectivity index (χ2n) is 3.81. The van der Waals surface area contributed by atoms with Crippen molar-refractivity contribution >= 4 is 5.97 Å². The Balaban J connectivity index is 2.58. The van der Waals surface area contributed by atoms with Crippen molar-refractivity contribution in [1.82, 2.24) is 4.98 Å². The van der Waals surface area contributed by atoms with Crippen LogP contribution < -0.4 is 5.56 Å². The van der Waals surface area contributed by atoms with Gasteiger partial charge in [-0.1, -0.05) is 29.8 Å². The van der Waals surface area contributed by atoms with Gasteiger partial charge in [0, 0.05) is 6.20 Å². The molecule has 2 aromatic rings. The Bertz CT molecular complexity index is 629. The zero-order valence-corrected chi connectivity index (χ0v) is 9.23. The molecule has 0 atom stereocenters. The van der Waals surface area contributed by atoms with Gasteiger partial charge < -0.3 is 10.1 Å². The van der Waals surface area contributed by atoms with Crippen molar-refractivity contribution in [3.8, 4) is 11.1 Å². The fourth-order valence-electron chi connectivity index (χ4n) is 1.63. The molecule has 1 heterocycles. The van der Waals surface area contributed by atoms with Gasteiger partial charge in [-0.2, -0.15) is 0 Å². The molecule has 0 saturated carbocycles. The highest BCUT2D eigenvalue weighted by Crippen LogP contribution is 2.19. The predicted octanol–water partition coefficient (Wildman–Crippen LogP) is 2.05. The summed E-state index contributed by atoms with van der Waals surface area (Å²) >= 11 is 0. The lowest BCUT2D eigenvalue weighted by Gasteiger charge is -2.03. The number of benzene rings is 1. The van der Waals surface area contributed by atoms with Gasteiger partial charge in [0.05, 0.1) is 0 Å². The minimum Gasteiger partial charge on any atom is -0.477 e. The van der Waals surface area contributed by atoms with E-state index in [1.165, 1.54) is 12.3 Å². The molecule has 0 aliphatic carbocycles. The average Bonchev–Trinajstić information content (AvgIpc) is 2.29. The molecule has 0 aliphatic rings. The smallest absolute Gasteiger partial charge is 0.341 e. The molecule has 2 rings (SSSR count). The van der Waals surface area contributed by atoms with E-state index in [-0.39, 0.29) is 5.56 Å². The Hall–Kier alpha value is -2.36. The summed E-state index contributed by atoms with van der Waals surface area (Å²) in [6.45, 7) is 1.95. The van der Waals surface area contributed by atoms with Gasteiger partial charge in [-0.05, 0) is 24.1 Å². The molecule has 0 unspecified atom stereocenters. The highest BCUT2D eigenvalue weighted by atomic mass is 16.4. The van der Waals surface area contributed by atoms with Crippen molar-refractivity contribution in [2.75, 3.05) is 0 Å². The largest absolute Gasteiger partial charge is 0.477 e. The molecule has 0 aliphatic heterocycles. The Kier molecular flexibility index (Phi) is 2.78. The Morgan fingerprint density at radius 3 is 2.65 bits per heavy atom. The number of rotatable bonds is 2. The van der Waals surface area contributed by atoms with Crippen LogP contribution in [0.25, 0.3) is 11.1 Å². The van der Waals surface area contributed by atoms with Crippen LogP contribution in [0.4, 0.5) is 0 Å². The van der Waals surface area contributed by atoms with Crippen molar-refractivity contribution in [2.24, 2.45) is 0 Å². The second kappa shape index (κ2) is 4.25. The lowest BCUT2D eigenvalue weighted by atomic mass is 10.0. The number of pyridine rings is 1. The van der Waals surface area contributed by atoms with Crippen LogP contribution in [0, 0.1) is 6.92 Å². The van der Waals surface area contributed by atoms with Gasteiger partial charge >= 0.3 is 5.97 Å². The van der Waals surface area contributed by atoms with Crippen LogP contribution in [0.15, 0.2) is 41.3 Å². The molecule has 17 heavy (non-hydrogen) atoms. The van der Waals surface area contributed by atoms with E-state index in [2.05, 4.69) is 4.98 Å². The zero-order valence-electron chi connectivity index (χ0n) is 9.23. The highest BCUT2D eigenvalue weighted by molar-refractivity contribution is 5.88. The molecule has 1 aromatic heterocycles. The van der Waals surface area contributed by atoms with Crippen LogP contribution in [0.3, 0.4) is 0 Å². The van der Waals surface area contributed by atoms with E-state index in [4.69, 9.17) is 5.11 Å². The van der Waals surface area contributed by atoms with Gasteiger partial charge in [-0.3, -0.25) is 4.79 Å². The number of carbonyl (C=O) groups is 1. The quantitative estimate of drug-likeness (QED) is 0.827. The molecular formula is C13H11NO3. The standard InChI is InChI=1S/C13H11NO3/c1-8-3-2-4-9(5-8)10-6-11(13(16)17)12(15)14-7-10/h2-7H,1H3,(H,14,15)(H,16,17). The third-order valence-electron chi connectivity index (χ3n) is 2.49. The number of hydrogen-bond donors (Lipinski definition) is 2. The number of aromatic amines is 1. The first-order valence-corrected chi connectivity index (χ1v) is 5.11. The Labute approximate surface area is 97.6 Å². The summed E-state index contributed by atoms with van der Waals surface area (Å²) in [6, 6.07) is 9.02. The second-order valence-corrected chi connectivity index (χ2v) is 3.81. The van der Waals surface area contributed by atoms with Crippen LogP contribution >= 0.6 is 0 Å². The summed E-state index contributed by atoms with van der Waals surface area (Å²) in [5.41, 5.74) is 1.80. The molecule has 1 aromatic carbocycles. The van der Waals surface area contributed by atoms with Crippen LogP contribution in [-0.4, -0.2) is 16.1 Å². The van der Waals surface area contributed by atoms with E-state index in [9.17, 15) is 9.59 Å². The van der Waals surface area contributed by atoms with Crippen molar-refractivity contribution in [3.63, 3.8) is 0 Å². The molecule has 0 radical (unpaired) electrons. The molecule has 0 amide bonds. The molecule has 2 N–H and O–H groups in total. The maximum absolute atomic E-state index is 11.3. The zero-order chi connectivity index (χ0) is 12.4. The normalized spacial score (nSPS) is 10.2. The summed E-state index contributed by atoms with van der Waals surface area (Å²) < 4.78 is 0. The van der Waals surface area contributed by atoms with Gasteiger partial charge in [-0.25, -0.2) is 4.79 Å². The van der Waals surface area contributed by atoms with Gasteiger partial charge in [0.25, 0.3) is 5.56 Å². The summed E-state index contributed by atoms with van der Waals surface area (Å²) in [5.74, 6) is -1.22. The lowest BCUT2D eigenvalue weighted by molar-refractivity contribution is 0.0695. The van der Waals surface area contributed by atoms with E-state index >= 15 is 0 Å². The van der Waals surface area contributed by atoms with Gasteiger partial charge in [0.2, 0.25) is 0 Å². The third kappa shape index (κ3) is 2.25. The topological polar surface area (TPSA) is 70.2 Å². The molecule has 4 heteroatoms. The molecular weight excluding hydrogens is 218 g/mol. The monoisotopic (exact) mass is 229 g/mol. The van der Waals surface area contributed by atoms with E-state index in [0.717, 1.165) is 11.1 Å². The maximum atomic E-state index is 11.3. The summed E-state index contributed by atoms with van der Waals surface area (Å²) in [5, 5.41) is 8.87. The number of nitrogens with one attached hydrogen (secondary N) is 1. The van der Waals surface area contributed by atoms with Crippen molar-refractivity contribution in [2.45, 2.75) is 6.92 Å². The number of aryl methyl sites for hydroxylation is 1. The molecule has 4 nitrogen and oxygen atoms in total. The Morgan fingerprint density at radius 2 is 2.00 bits per heavy atom. The highest BCUT2D eigenvalue weighted by Gasteiger charge is 2.10. The van der Waals surface area contributed by atoms with Crippen LogP contribution in [0.5, 0.6) is 0 Å². The van der Waals surface area contributed by atoms with E-state index in [1.54, 1.807) is 0 Å². The van der Waals surface area contributed by atoms with E-state index in [1.807, 2.05) is 31.2 Å². The number of H-pyrrole nitrogens is 1. The van der Waals surface area contributed by atoms with Gasteiger partial charge in [0.1, 0.15) is 5.56 Å². The number of carboxylic acid groups (broad SMARTS) is 1. The minimum atomic E-state index is -1.22. The third-order valence-corrected chi connectivity index (χ3v) is 2.49. The minimum absolute atomic E-state index is 0.246. The maximum Gasteiger partial charge on any atom is 0.341 e. The first kappa shape index (κ1) is 11.1. The van der Waals surface area contributed by atoms with Crippen molar-refractivity contribution in [3.05, 3.63) is 58.0 Å². The summed E-state index contributed by atoms with van der Waals surface area (Å²) in [7, 11) is 0. The molecule has 86 valence electrons. The van der Waals surface area contributed by atoms with E-state index in [0.29, 0.717) is 5.56 Å². The number of aromatic nitrogens is 1. The molecule has 0 fully saturated rings. The van der Waals surface area contributed by atoms with E-state index < -0.39 is 11.5 Å². The number of aromatic carboxylic acids is 1. The first-order valence-electron chi connectivity index (χ1n) is 5.11. The summed E-state index contributed by atoms with van der Waals surface area (Å²) in [6.07, 6.45) is 1.52. The fourth-order valence-corrected chi connectivity index (χ4v) is 1.63. The van der Waals surface area contributed by atoms with Gasteiger partial charge in [-0.15, -0.1) is 0 Å². The van der Waals surface area contributed by atoms with Gasteiger partial charge in [0.15, 0.2) is 0 Å². The number of hydrogen-bond acceptors (Lipinski definition) is 2. The lowest BCUT2D eigenvalue weighted by Crippen LogP contribution is -2.16. The number of carboxylic acids is 1. The van der Waals surface area contributed by atoms with Crippen LogP contribution in [0.1, 0.15) is 15.9 Å². The predicted molar refractivity (Wildman–Crippen MR) is 64.2 cm³/mol. The summed E-state index contributed by atoms with van der Waals surface area (Å²) in [4.78, 5) is 24.6. The van der Waals surface area contributed by atoms with Crippen molar-refractivity contribution < 1.29 is 9.90 Å². The molecule has 0 saturated heterocycles. The average molecular weight is 229 g/mol. The SMILES string of the molecule is Cc1cccc(-c2c[nH]c(=O)c(C(=O)O)c2)c1. The van der Waals surface area contributed by atoms with Crippen LogP contribution in [-0.2, 0) is 0 Å². The fraction of sp³-hybridized carbons (Fsp3) is 0.0769. The molecule has 0 spiro atoms. The Morgan fingerprint density at radius 1 is 1.24 bits per heavy atom.